The van der Waals surface area contributed by atoms with Gasteiger partial charge < -0.3 is 10.1 Å². The average molecular weight is 438 g/mol. The number of carbonyl (C=O) groups is 2. The number of amides is 1. The van der Waals surface area contributed by atoms with Crippen molar-refractivity contribution in [1.82, 2.24) is 14.6 Å². The van der Waals surface area contributed by atoms with Gasteiger partial charge in [0.15, 0.2) is 6.04 Å². The van der Waals surface area contributed by atoms with E-state index in [1.807, 2.05) is 6.92 Å². The molecule has 0 aliphatic carbocycles. The number of thiophene rings is 1. The number of hydrogen-bond acceptors (Lipinski definition) is 7. The first-order valence-electron chi connectivity index (χ1n) is 9.17. The first-order chi connectivity index (χ1) is 13.8. The SMILES string of the molecule is COC(=O)[C@H](NC(=O)[C@H]1CCCN(S(=O)(=O)c2ccc(C)s2)C1)c1cccnc1. The van der Waals surface area contributed by atoms with Crippen LogP contribution in [0.4, 0.5) is 0 Å². The molecule has 1 N–H and O–H groups in total. The number of methoxy groups -OCH3 is 1. The molecule has 156 valence electrons. The number of aryl methyl sites for hydroxylation is 1. The number of rotatable bonds is 6. The first-order valence-corrected chi connectivity index (χ1v) is 11.4. The molecule has 29 heavy (non-hydrogen) atoms. The van der Waals surface area contributed by atoms with Crippen molar-refractivity contribution < 1.29 is 22.7 Å². The molecule has 1 aliphatic heterocycles. The lowest BCUT2D eigenvalue weighted by Crippen LogP contribution is -2.47. The van der Waals surface area contributed by atoms with Gasteiger partial charge in [-0.15, -0.1) is 11.3 Å². The van der Waals surface area contributed by atoms with Crippen LogP contribution in [0, 0.1) is 12.8 Å². The normalized spacial score (nSPS) is 18.8. The van der Waals surface area contributed by atoms with Crippen LogP contribution in [0.2, 0.25) is 0 Å². The summed E-state index contributed by atoms with van der Waals surface area (Å²) in [7, 11) is -2.39. The second kappa shape index (κ2) is 9.02. The fourth-order valence-electron chi connectivity index (χ4n) is 3.26. The van der Waals surface area contributed by atoms with Gasteiger partial charge in [0.2, 0.25) is 5.91 Å². The van der Waals surface area contributed by atoms with Crippen molar-refractivity contribution in [2.24, 2.45) is 5.92 Å². The van der Waals surface area contributed by atoms with Crippen LogP contribution in [0.5, 0.6) is 0 Å². The summed E-state index contributed by atoms with van der Waals surface area (Å²) in [5, 5.41) is 2.70. The average Bonchev–Trinajstić information content (AvgIpc) is 3.19. The predicted octanol–water partition coefficient (Wildman–Crippen LogP) is 1.88. The first kappa shape index (κ1) is 21.4. The minimum absolute atomic E-state index is 0.0754. The van der Waals surface area contributed by atoms with Gasteiger partial charge in [-0.1, -0.05) is 6.07 Å². The van der Waals surface area contributed by atoms with E-state index >= 15 is 0 Å². The van der Waals surface area contributed by atoms with Gasteiger partial charge in [0.05, 0.1) is 13.0 Å². The summed E-state index contributed by atoms with van der Waals surface area (Å²) in [4.78, 5) is 29.9. The predicted molar refractivity (Wildman–Crippen MR) is 108 cm³/mol. The fraction of sp³-hybridized carbons (Fsp3) is 0.421. The number of carbonyl (C=O) groups excluding carboxylic acids is 2. The number of pyridine rings is 1. The maximum atomic E-state index is 12.9. The van der Waals surface area contributed by atoms with Gasteiger partial charge in [-0.2, -0.15) is 4.31 Å². The summed E-state index contributed by atoms with van der Waals surface area (Å²) >= 11 is 1.21. The summed E-state index contributed by atoms with van der Waals surface area (Å²) in [5.74, 6) is -1.55. The van der Waals surface area contributed by atoms with Crippen LogP contribution in [-0.4, -0.2) is 49.8 Å². The molecule has 0 unspecified atom stereocenters. The molecule has 0 spiro atoms. The van der Waals surface area contributed by atoms with E-state index in [1.165, 1.54) is 28.9 Å². The number of ether oxygens (including phenoxy) is 1. The Hall–Kier alpha value is -2.30. The Morgan fingerprint density at radius 1 is 1.34 bits per heavy atom. The van der Waals surface area contributed by atoms with Gasteiger partial charge in [0, 0.05) is 35.9 Å². The lowest BCUT2D eigenvalue weighted by Gasteiger charge is -2.31. The van der Waals surface area contributed by atoms with Crippen LogP contribution < -0.4 is 5.32 Å². The van der Waals surface area contributed by atoms with Crippen LogP contribution in [0.3, 0.4) is 0 Å². The minimum Gasteiger partial charge on any atom is -0.467 e. The third-order valence-corrected chi connectivity index (χ3v) is 8.14. The molecule has 1 saturated heterocycles. The summed E-state index contributed by atoms with van der Waals surface area (Å²) in [5.41, 5.74) is 0.502. The van der Waals surface area contributed by atoms with Gasteiger partial charge in [0.25, 0.3) is 10.0 Å². The van der Waals surface area contributed by atoms with Gasteiger partial charge in [-0.25, -0.2) is 13.2 Å². The second-order valence-corrected chi connectivity index (χ2v) is 10.3. The zero-order chi connectivity index (χ0) is 21.0. The van der Waals surface area contributed by atoms with Crippen molar-refractivity contribution in [3.05, 3.63) is 47.1 Å². The maximum Gasteiger partial charge on any atom is 0.333 e. The molecule has 2 aromatic rings. The third-order valence-electron chi connectivity index (χ3n) is 4.81. The number of aromatic nitrogens is 1. The number of esters is 1. The second-order valence-electron chi connectivity index (χ2n) is 6.82. The highest BCUT2D eigenvalue weighted by Crippen LogP contribution is 2.28. The highest BCUT2D eigenvalue weighted by molar-refractivity contribution is 7.91. The Kier molecular flexibility index (Phi) is 6.66. The number of sulfonamides is 1. The molecule has 0 radical (unpaired) electrons. The zero-order valence-electron chi connectivity index (χ0n) is 16.2. The van der Waals surface area contributed by atoms with Gasteiger partial charge >= 0.3 is 5.97 Å². The van der Waals surface area contributed by atoms with Crippen LogP contribution in [0.15, 0.2) is 40.9 Å². The summed E-state index contributed by atoms with van der Waals surface area (Å²) in [6.45, 7) is 2.29. The van der Waals surface area contributed by atoms with E-state index in [-0.39, 0.29) is 16.7 Å². The van der Waals surface area contributed by atoms with E-state index in [2.05, 4.69) is 10.3 Å². The smallest absolute Gasteiger partial charge is 0.333 e. The third kappa shape index (κ3) is 4.82. The van der Waals surface area contributed by atoms with Crippen LogP contribution >= 0.6 is 11.3 Å². The van der Waals surface area contributed by atoms with E-state index in [1.54, 1.807) is 30.5 Å². The molecule has 0 aromatic carbocycles. The summed E-state index contributed by atoms with van der Waals surface area (Å²) < 4.78 is 32.2. The van der Waals surface area contributed by atoms with Crippen LogP contribution in [-0.2, 0) is 24.3 Å². The van der Waals surface area contributed by atoms with Crippen molar-refractivity contribution in [2.75, 3.05) is 20.2 Å². The van der Waals surface area contributed by atoms with E-state index < -0.39 is 28.0 Å². The molecule has 1 aliphatic rings. The maximum absolute atomic E-state index is 12.9. The number of nitrogens with one attached hydrogen (secondary N) is 1. The Balaban J connectivity index is 1.74. The minimum atomic E-state index is -3.64. The van der Waals surface area contributed by atoms with Crippen molar-refractivity contribution in [2.45, 2.75) is 30.0 Å². The molecular weight excluding hydrogens is 414 g/mol. The van der Waals surface area contributed by atoms with Gasteiger partial charge in [0.1, 0.15) is 4.21 Å². The zero-order valence-corrected chi connectivity index (χ0v) is 17.8. The molecule has 0 saturated carbocycles. The van der Waals surface area contributed by atoms with E-state index in [0.29, 0.717) is 24.9 Å². The van der Waals surface area contributed by atoms with Gasteiger partial charge in [-0.05, 0) is 38.0 Å². The van der Waals surface area contributed by atoms with Crippen molar-refractivity contribution >= 4 is 33.2 Å². The molecule has 3 rings (SSSR count). The van der Waals surface area contributed by atoms with E-state index in [9.17, 15) is 18.0 Å². The van der Waals surface area contributed by atoms with Crippen LogP contribution in [0.1, 0.15) is 29.3 Å². The highest BCUT2D eigenvalue weighted by atomic mass is 32.2. The summed E-state index contributed by atoms with van der Waals surface area (Å²) in [6.07, 6.45) is 4.16. The number of nitrogens with zero attached hydrogens (tertiary/aromatic N) is 2. The largest absolute Gasteiger partial charge is 0.467 e. The molecule has 2 aromatic heterocycles. The molecule has 1 amide bonds. The van der Waals surface area contributed by atoms with Crippen molar-refractivity contribution in [3.8, 4) is 0 Å². The Morgan fingerprint density at radius 3 is 2.76 bits per heavy atom. The molecular formula is C19H23N3O5S2. The van der Waals surface area contributed by atoms with Gasteiger partial charge in [-0.3, -0.25) is 9.78 Å². The Morgan fingerprint density at radius 2 is 2.14 bits per heavy atom. The van der Waals surface area contributed by atoms with Crippen LogP contribution in [0.25, 0.3) is 0 Å². The molecule has 0 bridgehead atoms. The quantitative estimate of drug-likeness (QED) is 0.692. The van der Waals surface area contributed by atoms with E-state index in [4.69, 9.17) is 4.74 Å². The summed E-state index contributed by atoms with van der Waals surface area (Å²) in [6, 6.07) is 5.70. The molecule has 8 nitrogen and oxygen atoms in total. The molecule has 10 heteroatoms. The van der Waals surface area contributed by atoms with Crippen molar-refractivity contribution in [3.63, 3.8) is 0 Å². The lowest BCUT2D eigenvalue weighted by atomic mass is 9.98. The number of piperidine rings is 1. The fourth-order valence-corrected chi connectivity index (χ4v) is 6.22. The number of hydrogen-bond donors (Lipinski definition) is 1. The monoisotopic (exact) mass is 437 g/mol. The molecule has 2 atom stereocenters. The standard InChI is InChI=1S/C19H23N3O5S2/c1-13-7-8-16(28-13)29(25,26)22-10-4-6-15(12-22)18(23)21-17(19(24)27-2)14-5-3-9-20-11-14/h3,5,7-9,11,15,17H,4,6,10,12H2,1-2H3,(H,21,23)/t15-,17+/m0/s1. The van der Waals surface area contributed by atoms with Crippen molar-refractivity contribution in [1.29, 1.82) is 0 Å². The van der Waals surface area contributed by atoms with E-state index in [0.717, 1.165) is 4.88 Å². The highest BCUT2D eigenvalue weighted by Gasteiger charge is 2.35. The Bertz CT molecular complexity index is 975. The lowest BCUT2D eigenvalue weighted by molar-refractivity contribution is -0.146. The molecule has 3 heterocycles. The Labute approximate surface area is 173 Å². The molecule has 1 fully saturated rings. The topological polar surface area (TPSA) is 106 Å².